The zero-order chi connectivity index (χ0) is 10.7. The van der Waals surface area contributed by atoms with Crippen molar-refractivity contribution in [2.24, 2.45) is 0 Å². The Hall–Kier alpha value is 0.390. The van der Waals surface area contributed by atoms with E-state index in [0.717, 1.165) is 12.0 Å². The number of ether oxygens (including phenoxy) is 1. The predicted octanol–water partition coefficient (Wildman–Crippen LogP) is 2.98. The smallest absolute Gasteiger partial charge is 0.109 e. The number of alkyl halides is 1. The van der Waals surface area contributed by atoms with Gasteiger partial charge in [-0.2, -0.15) is 0 Å². The molecule has 0 bridgehead atoms. The molecule has 0 rings (SSSR count). The van der Waals surface area contributed by atoms with Crippen LogP contribution in [0.4, 0.5) is 0 Å². The molecular formula is C10H22INO. The molecule has 1 unspecified atom stereocenters. The third kappa shape index (κ3) is 19.0. The first-order valence-electron chi connectivity index (χ1n) is 4.57. The van der Waals surface area contributed by atoms with Crippen molar-refractivity contribution in [3.8, 4) is 0 Å². The lowest BCUT2D eigenvalue weighted by Crippen LogP contribution is -2.05. The summed E-state index contributed by atoms with van der Waals surface area (Å²) in [7, 11) is 3.75. The molecule has 0 aliphatic rings. The summed E-state index contributed by atoms with van der Waals surface area (Å²) in [5, 5.41) is 2.75. The molecule has 0 saturated heterocycles. The van der Waals surface area contributed by atoms with Gasteiger partial charge in [0.1, 0.15) is 4.11 Å². The van der Waals surface area contributed by atoms with Gasteiger partial charge in [-0.05, 0) is 27.4 Å². The van der Waals surface area contributed by atoms with E-state index in [0.29, 0.717) is 10.7 Å². The molecule has 0 radical (unpaired) electrons. The van der Waals surface area contributed by atoms with Crippen LogP contribution in [0.15, 0.2) is 12.2 Å². The molecule has 1 N–H and O–H groups in total. The Balaban J connectivity index is 0. The van der Waals surface area contributed by atoms with E-state index in [2.05, 4.69) is 41.4 Å². The summed E-state index contributed by atoms with van der Waals surface area (Å²) < 4.78 is 5.79. The van der Waals surface area contributed by atoms with Crippen LogP contribution in [0.5, 0.6) is 0 Å². The van der Waals surface area contributed by atoms with Crippen molar-refractivity contribution < 1.29 is 4.74 Å². The minimum atomic E-state index is 0.360. The number of rotatable bonds is 5. The fourth-order valence-electron chi connectivity index (χ4n) is 0.543. The first kappa shape index (κ1) is 15.8. The summed E-state index contributed by atoms with van der Waals surface area (Å²) in [6.45, 7) is 8.60. The van der Waals surface area contributed by atoms with Gasteiger partial charge in [-0.15, -0.1) is 0 Å². The van der Waals surface area contributed by atoms with E-state index in [1.807, 2.05) is 21.0 Å². The number of hydrogen-bond donors (Lipinski definition) is 1. The van der Waals surface area contributed by atoms with Crippen molar-refractivity contribution in [1.29, 1.82) is 0 Å². The van der Waals surface area contributed by atoms with Crippen LogP contribution in [0.25, 0.3) is 0 Å². The average molecular weight is 299 g/mol. The molecular weight excluding hydrogens is 277 g/mol. The summed E-state index contributed by atoms with van der Waals surface area (Å²) in [4.78, 5) is 0. The lowest BCUT2D eigenvalue weighted by molar-refractivity contribution is 0.138. The zero-order valence-corrected chi connectivity index (χ0v) is 11.3. The van der Waals surface area contributed by atoms with Crippen molar-refractivity contribution in [2.45, 2.75) is 30.8 Å². The van der Waals surface area contributed by atoms with Gasteiger partial charge in [-0.25, -0.2) is 0 Å². The highest BCUT2D eigenvalue weighted by atomic mass is 127. The topological polar surface area (TPSA) is 21.3 Å². The Morgan fingerprint density at radius 1 is 1.54 bits per heavy atom. The maximum Gasteiger partial charge on any atom is 0.109 e. The highest BCUT2D eigenvalue weighted by Crippen LogP contribution is 2.10. The van der Waals surface area contributed by atoms with E-state index in [1.165, 1.54) is 6.42 Å². The second kappa shape index (κ2) is 12.4. The van der Waals surface area contributed by atoms with Crippen LogP contribution in [0.2, 0.25) is 0 Å². The lowest BCUT2D eigenvalue weighted by atomic mass is 10.3. The maximum atomic E-state index is 5.43. The summed E-state index contributed by atoms with van der Waals surface area (Å²) in [6.07, 6.45) is 2.32. The first-order valence-corrected chi connectivity index (χ1v) is 5.81. The minimum absolute atomic E-state index is 0.360. The van der Waals surface area contributed by atoms with Gasteiger partial charge < -0.3 is 10.1 Å². The third-order valence-corrected chi connectivity index (χ3v) is 2.01. The van der Waals surface area contributed by atoms with Crippen molar-refractivity contribution >= 4 is 22.6 Å². The van der Waals surface area contributed by atoms with Crippen molar-refractivity contribution in [1.82, 2.24) is 5.32 Å². The molecule has 0 saturated carbocycles. The van der Waals surface area contributed by atoms with Crippen LogP contribution < -0.4 is 5.32 Å². The molecule has 0 aliphatic carbocycles. The molecule has 80 valence electrons. The molecule has 0 amide bonds. The van der Waals surface area contributed by atoms with Crippen LogP contribution in [0.1, 0.15) is 26.7 Å². The highest BCUT2D eigenvalue weighted by molar-refractivity contribution is 14.1. The van der Waals surface area contributed by atoms with E-state index < -0.39 is 0 Å². The summed E-state index contributed by atoms with van der Waals surface area (Å²) in [5.74, 6) is 0. The van der Waals surface area contributed by atoms with Crippen molar-refractivity contribution in [3.05, 3.63) is 12.2 Å². The maximum absolute atomic E-state index is 5.43. The van der Waals surface area contributed by atoms with Crippen LogP contribution in [-0.2, 0) is 4.74 Å². The molecule has 3 heteroatoms. The van der Waals surface area contributed by atoms with E-state index in [4.69, 9.17) is 4.74 Å². The van der Waals surface area contributed by atoms with E-state index >= 15 is 0 Å². The Bertz CT molecular complexity index is 117. The van der Waals surface area contributed by atoms with Gasteiger partial charge >= 0.3 is 0 Å². The minimum Gasteiger partial charge on any atom is -0.364 e. The van der Waals surface area contributed by atoms with Crippen LogP contribution in [0, 0.1) is 0 Å². The number of halogens is 1. The molecule has 0 aromatic heterocycles. The van der Waals surface area contributed by atoms with Crippen molar-refractivity contribution in [2.75, 3.05) is 20.7 Å². The Kier molecular flexibility index (Phi) is 15.1. The molecule has 0 aliphatic heterocycles. The third-order valence-electron chi connectivity index (χ3n) is 1.03. The van der Waals surface area contributed by atoms with Gasteiger partial charge in [0.2, 0.25) is 0 Å². The zero-order valence-electron chi connectivity index (χ0n) is 9.19. The van der Waals surface area contributed by atoms with E-state index in [9.17, 15) is 0 Å². The monoisotopic (exact) mass is 299 g/mol. The standard InChI is InChI=1S/C8H15IO.C2H7N/c1-4-5-8(9)10-6-7(2)3;1-3-2/h8H,2,4-6H2,1,3H3;3H,1-2H3. The van der Waals surface area contributed by atoms with Crippen LogP contribution in [0.3, 0.4) is 0 Å². The molecule has 2 nitrogen and oxygen atoms in total. The van der Waals surface area contributed by atoms with Crippen LogP contribution >= 0.6 is 22.6 Å². The molecule has 0 heterocycles. The van der Waals surface area contributed by atoms with Gasteiger partial charge in [-0.1, -0.05) is 48.1 Å². The Morgan fingerprint density at radius 2 is 2.00 bits per heavy atom. The average Bonchev–Trinajstić information content (AvgIpc) is 2.03. The van der Waals surface area contributed by atoms with Gasteiger partial charge in [0.25, 0.3) is 0 Å². The van der Waals surface area contributed by atoms with E-state index in [1.54, 1.807) is 0 Å². The van der Waals surface area contributed by atoms with Gasteiger partial charge in [-0.3, -0.25) is 0 Å². The lowest BCUT2D eigenvalue weighted by Gasteiger charge is -2.09. The van der Waals surface area contributed by atoms with Gasteiger partial charge in [0, 0.05) is 0 Å². The summed E-state index contributed by atoms with van der Waals surface area (Å²) >= 11 is 2.31. The van der Waals surface area contributed by atoms with Crippen LogP contribution in [-0.4, -0.2) is 24.8 Å². The number of nitrogens with one attached hydrogen (secondary N) is 1. The molecule has 1 atom stereocenters. The largest absolute Gasteiger partial charge is 0.364 e. The summed E-state index contributed by atoms with van der Waals surface area (Å²) in [6, 6.07) is 0. The first-order chi connectivity index (χ1) is 6.08. The Morgan fingerprint density at radius 3 is 2.31 bits per heavy atom. The predicted molar refractivity (Wildman–Crippen MR) is 68.5 cm³/mol. The molecule has 0 aromatic carbocycles. The summed E-state index contributed by atoms with van der Waals surface area (Å²) in [5.41, 5.74) is 1.10. The normalized spacial score (nSPS) is 11.5. The van der Waals surface area contributed by atoms with Gasteiger partial charge in [0.05, 0.1) is 6.61 Å². The molecule has 0 fully saturated rings. The SMILES string of the molecule is C=C(C)COC(I)CCC.CNC. The number of hydrogen-bond acceptors (Lipinski definition) is 2. The van der Waals surface area contributed by atoms with Gasteiger partial charge in [0.15, 0.2) is 0 Å². The second-order valence-corrected chi connectivity index (χ2v) is 4.36. The molecule has 0 spiro atoms. The quantitative estimate of drug-likeness (QED) is 0.479. The fourth-order valence-corrected chi connectivity index (χ4v) is 1.35. The molecule has 0 aromatic rings. The van der Waals surface area contributed by atoms with Crippen molar-refractivity contribution in [3.63, 3.8) is 0 Å². The highest BCUT2D eigenvalue weighted by Gasteiger charge is 2.00. The fraction of sp³-hybridized carbons (Fsp3) is 0.800. The van der Waals surface area contributed by atoms with E-state index in [-0.39, 0.29) is 0 Å². The second-order valence-electron chi connectivity index (χ2n) is 2.97. The Labute approximate surface area is 96.3 Å². The molecule has 13 heavy (non-hydrogen) atoms.